The topological polar surface area (TPSA) is 92.3 Å². The van der Waals surface area contributed by atoms with Crippen LogP contribution in [0.15, 0.2) is 48.5 Å². The second-order valence-electron chi connectivity index (χ2n) is 7.70. The first-order chi connectivity index (χ1) is 16.6. The number of alkyl halides is 5. The zero-order valence-electron chi connectivity index (χ0n) is 19.7. The minimum atomic E-state index is -5.76. The minimum Gasteiger partial charge on any atom is -0.366 e. The molecule has 0 saturated carbocycles. The van der Waals surface area contributed by atoms with Crippen molar-refractivity contribution in [3.05, 3.63) is 71.2 Å². The van der Waals surface area contributed by atoms with E-state index in [9.17, 15) is 22.0 Å². The van der Waals surface area contributed by atoms with E-state index >= 15 is 0 Å². The molecule has 2 heterocycles. The summed E-state index contributed by atoms with van der Waals surface area (Å²) in [6, 6.07) is 14.9. The molecule has 0 aliphatic rings. The van der Waals surface area contributed by atoms with Crippen LogP contribution in [0.5, 0.6) is 0 Å². The first-order valence-electron chi connectivity index (χ1n) is 10.6. The van der Waals surface area contributed by atoms with Crippen molar-refractivity contribution in [1.29, 1.82) is 0 Å². The zero-order chi connectivity index (χ0) is 25.2. The molecule has 36 heavy (non-hydrogen) atoms. The van der Waals surface area contributed by atoms with Gasteiger partial charge in [-0.25, -0.2) is 9.97 Å². The Hall–Kier alpha value is -2.96. The van der Waals surface area contributed by atoms with Crippen molar-refractivity contribution in [2.75, 3.05) is 5.32 Å². The van der Waals surface area contributed by atoms with Crippen LogP contribution in [0.1, 0.15) is 29.6 Å². The number of aromatic amines is 1. The molecule has 183 valence electrons. The van der Waals surface area contributed by atoms with E-state index in [1.807, 2.05) is 48.5 Å². The third kappa shape index (κ3) is 5.55. The van der Waals surface area contributed by atoms with Crippen LogP contribution in [0, 0.1) is 6.92 Å². The van der Waals surface area contributed by atoms with Gasteiger partial charge in [0.05, 0.1) is 0 Å². The summed E-state index contributed by atoms with van der Waals surface area (Å²) in [7, 11) is 0. The number of nitrogens with one attached hydrogen (secondary N) is 2. The van der Waals surface area contributed by atoms with Crippen molar-refractivity contribution in [3.8, 4) is 22.5 Å². The Morgan fingerprint density at radius 3 is 2.17 bits per heavy atom. The Balaban J connectivity index is 0.00000361. The number of halogens is 5. The molecule has 0 saturated heterocycles. The van der Waals surface area contributed by atoms with E-state index in [0.717, 1.165) is 22.3 Å². The minimum absolute atomic E-state index is 0. The number of aromatic nitrogens is 6. The van der Waals surface area contributed by atoms with Crippen molar-refractivity contribution in [3.63, 3.8) is 0 Å². The molecule has 0 bridgehead atoms. The molecule has 1 radical (unpaired) electrons. The number of tetrazole rings is 1. The smallest absolute Gasteiger partial charge is 0.366 e. The van der Waals surface area contributed by atoms with Gasteiger partial charge in [-0.05, 0) is 35.2 Å². The largest absolute Gasteiger partial charge is 0.459 e. The number of H-pyrrole nitrogens is 1. The summed E-state index contributed by atoms with van der Waals surface area (Å²) in [5, 5.41) is 17.0. The number of rotatable bonds is 7. The molecule has 4 aromatic rings. The van der Waals surface area contributed by atoms with E-state index < -0.39 is 17.8 Å². The zero-order valence-corrected chi connectivity index (χ0v) is 21.7. The molecule has 0 fully saturated rings. The molecule has 7 nitrogen and oxygen atoms in total. The van der Waals surface area contributed by atoms with Crippen molar-refractivity contribution < 1.29 is 22.0 Å². The Morgan fingerprint density at radius 2 is 1.58 bits per heavy atom. The molecule has 2 aromatic heterocycles. The predicted molar refractivity (Wildman–Crippen MR) is 124 cm³/mol. The summed E-state index contributed by atoms with van der Waals surface area (Å²) < 4.78 is 67.2. The van der Waals surface area contributed by atoms with Crippen LogP contribution in [0.3, 0.4) is 0 Å². The van der Waals surface area contributed by atoms with E-state index in [-0.39, 0.29) is 59.7 Å². The Morgan fingerprint density at radius 1 is 0.917 bits per heavy atom. The van der Waals surface area contributed by atoms with Crippen LogP contribution in [-0.2, 0) is 18.9 Å². The SMILES string of the molecule is CCc1c(NCc2ccc(-c3ccccc3-c3nn[nH]n3)cc2)nc(C)nc1C(F)(F)C(F)(F)F.[Na]. The normalized spacial score (nSPS) is 11.8. The van der Waals surface area contributed by atoms with E-state index in [1.54, 1.807) is 0 Å². The van der Waals surface area contributed by atoms with Gasteiger partial charge in [-0.2, -0.15) is 27.2 Å². The van der Waals surface area contributed by atoms with Crippen LogP contribution >= 0.6 is 0 Å². The number of nitrogens with zero attached hydrogens (tertiary/aromatic N) is 5. The second kappa shape index (κ2) is 11.0. The fourth-order valence-corrected chi connectivity index (χ4v) is 3.66. The molecule has 0 unspecified atom stereocenters. The van der Waals surface area contributed by atoms with Gasteiger partial charge in [0.2, 0.25) is 5.82 Å². The van der Waals surface area contributed by atoms with E-state index in [4.69, 9.17) is 0 Å². The second-order valence-corrected chi connectivity index (χ2v) is 7.70. The molecule has 0 atom stereocenters. The summed E-state index contributed by atoms with van der Waals surface area (Å²) in [5.41, 5.74) is 1.72. The van der Waals surface area contributed by atoms with E-state index in [1.165, 1.54) is 13.8 Å². The van der Waals surface area contributed by atoms with Crippen LogP contribution < -0.4 is 5.32 Å². The Bertz CT molecular complexity index is 1310. The third-order valence-corrected chi connectivity index (χ3v) is 5.36. The van der Waals surface area contributed by atoms with Gasteiger partial charge in [0.1, 0.15) is 17.3 Å². The van der Waals surface area contributed by atoms with E-state index in [0.29, 0.717) is 5.82 Å². The maximum Gasteiger partial charge on any atom is 0.459 e. The van der Waals surface area contributed by atoms with Crippen molar-refractivity contribution in [2.24, 2.45) is 0 Å². The predicted octanol–water partition coefficient (Wildman–Crippen LogP) is 5.08. The summed E-state index contributed by atoms with van der Waals surface area (Å²) in [6.45, 7) is 2.91. The number of hydrogen-bond acceptors (Lipinski definition) is 6. The molecule has 0 amide bonds. The molecule has 13 heteroatoms. The van der Waals surface area contributed by atoms with Gasteiger partial charge in [-0.15, -0.1) is 10.2 Å². The van der Waals surface area contributed by atoms with E-state index in [2.05, 4.69) is 35.9 Å². The molecule has 0 aliphatic heterocycles. The molecule has 2 N–H and O–H groups in total. The van der Waals surface area contributed by atoms with Crippen molar-refractivity contribution in [1.82, 2.24) is 30.6 Å². The quantitative estimate of drug-likeness (QED) is 0.265. The summed E-state index contributed by atoms with van der Waals surface area (Å²) in [5.74, 6) is -4.87. The molecule has 4 rings (SSSR count). The van der Waals surface area contributed by atoms with Gasteiger partial charge in [0.15, 0.2) is 0 Å². The van der Waals surface area contributed by atoms with Crippen molar-refractivity contribution >= 4 is 35.4 Å². The van der Waals surface area contributed by atoms with Crippen LogP contribution in [0.25, 0.3) is 22.5 Å². The first-order valence-corrected chi connectivity index (χ1v) is 10.6. The maximum atomic E-state index is 14.1. The molecule has 0 spiro atoms. The fraction of sp³-hybridized carbons (Fsp3) is 0.261. The number of benzene rings is 2. The fourth-order valence-electron chi connectivity index (χ4n) is 3.66. The Labute approximate surface area is 225 Å². The van der Waals surface area contributed by atoms with Crippen LogP contribution in [0.4, 0.5) is 27.8 Å². The average Bonchev–Trinajstić information content (AvgIpc) is 3.37. The van der Waals surface area contributed by atoms with Crippen LogP contribution in [-0.4, -0.2) is 66.3 Å². The molecule has 0 aliphatic carbocycles. The summed E-state index contributed by atoms with van der Waals surface area (Å²) >= 11 is 0. The average molecular weight is 512 g/mol. The van der Waals surface area contributed by atoms with Gasteiger partial charge in [0, 0.05) is 47.2 Å². The number of aryl methyl sites for hydroxylation is 1. The van der Waals surface area contributed by atoms with Crippen molar-refractivity contribution in [2.45, 2.75) is 38.9 Å². The number of anilines is 1. The van der Waals surface area contributed by atoms with Gasteiger partial charge in [0.25, 0.3) is 0 Å². The Kier molecular flexibility index (Phi) is 8.42. The number of hydrogen-bond donors (Lipinski definition) is 2. The monoisotopic (exact) mass is 512 g/mol. The van der Waals surface area contributed by atoms with Gasteiger partial charge in [-0.1, -0.05) is 55.5 Å². The van der Waals surface area contributed by atoms with Gasteiger partial charge < -0.3 is 5.32 Å². The van der Waals surface area contributed by atoms with Crippen LogP contribution in [0.2, 0.25) is 0 Å². The molecular formula is C23H20F5N7Na. The molecule has 2 aromatic carbocycles. The summed E-state index contributed by atoms with van der Waals surface area (Å²) in [4.78, 5) is 7.51. The summed E-state index contributed by atoms with van der Waals surface area (Å²) in [6.07, 6.45) is -5.86. The maximum absolute atomic E-state index is 14.1. The van der Waals surface area contributed by atoms with Gasteiger partial charge >= 0.3 is 12.1 Å². The first kappa shape index (κ1) is 27.6. The molecular weight excluding hydrogens is 492 g/mol. The third-order valence-electron chi connectivity index (χ3n) is 5.36. The van der Waals surface area contributed by atoms with Gasteiger partial charge in [-0.3, -0.25) is 0 Å². The standard InChI is InChI=1S/C23H20F5N7.Na/c1-3-16-19(22(24,25)23(26,27)28)30-13(2)31-20(16)29-12-14-8-10-15(11-9-14)17-6-4-5-7-18(17)21-32-34-35-33-21;/h4-11H,3,12H2,1-2H3,(H,29,30,31)(H,32,33,34,35);.